The third kappa shape index (κ3) is 3.74. The van der Waals surface area contributed by atoms with E-state index >= 15 is 0 Å². The van der Waals surface area contributed by atoms with Gasteiger partial charge in [-0.25, -0.2) is 12.8 Å². The van der Waals surface area contributed by atoms with Crippen LogP contribution >= 0.6 is 0 Å². The highest BCUT2D eigenvalue weighted by Crippen LogP contribution is 2.36. The van der Waals surface area contributed by atoms with Crippen LogP contribution in [0.25, 0.3) is 0 Å². The summed E-state index contributed by atoms with van der Waals surface area (Å²) in [6.45, 7) is 5.72. The van der Waals surface area contributed by atoms with E-state index in [-0.39, 0.29) is 11.6 Å². The molecule has 0 aliphatic rings. The molecule has 0 radical (unpaired) electrons. The predicted molar refractivity (Wildman–Crippen MR) is 71.2 cm³/mol. The Balaban J connectivity index is 3.43. The van der Waals surface area contributed by atoms with Gasteiger partial charge in [0.25, 0.3) is 9.84 Å². The highest BCUT2D eigenvalue weighted by molar-refractivity contribution is 7.92. The summed E-state index contributed by atoms with van der Waals surface area (Å²) in [5.41, 5.74) is -5.52. The van der Waals surface area contributed by atoms with Crippen LogP contribution in [0, 0.1) is 5.82 Å². The van der Waals surface area contributed by atoms with Crippen LogP contribution in [0.15, 0.2) is 23.1 Å². The first-order valence-corrected chi connectivity index (χ1v) is 7.84. The minimum absolute atomic E-state index is 0.0535. The first-order valence-electron chi connectivity index (χ1n) is 6.36. The molecule has 0 saturated carbocycles. The van der Waals surface area contributed by atoms with Gasteiger partial charge in [-0.05, 0) is 37.1 Å². The van der Waals surface area contributed by atoms with Gasteiger partial charge in [-0.3, -0.25) is 0 Å². The molecule has 2 unspecified atom stereocenters. The zero-order valence-corrected chi connectivity index (χ0v) is 12.6. The largest absolute Gasteiger partial charge is 0.501 e. The topological polar surface area (TPSA) is 46.2 Å². The van der Waals surface area contributed by atoms with Crippen LogP contribution in [0.2, 0.25) is 0 Å². The van der Waals surface area contributed by atoms with Crippen molar-refractivity contribution in [2.75, 3.05) is 6.54 Å². The van der Waals surface area contributed by atoms with E-state index in [9.17, 15) is 26.0 Å². The number of nitrogens with one attached hydrogen (secondary N) is 1. The summed E-state index contributed by atoms with van der Waals surface area (Å²) in [6, 6.07) is 2.21. The number of likely N-dealkylation sites (N-methyl/N-ethyl adjacent to an activating group) is 1. The fourth-order valence-electron chi connectivity index (χ4n) is 2.01. The molecule has 1 N–H and O–H groups in total. The van der Waals surface area contributed by atoms with Crippen molar-refractivity contribution in [3.05, 3.63) is 29.6 Å². The first kappa shape index (κ1) is 17.9. The Morgan fingerprint density at radius 3 is 2.29 bits per heavy atom. The summed E-state index contributed by atoms with van der Waals surface area (Å²) in [5.74, 6) is -1.55. The Kier molecular flexibility index (Phi) is 5.38. The Labute approximate surface area is 121 Å². The standard InChI is InChI=1S/C13H17F4NO2S/c1-4-18-9(3)8(2)11-6-5-10(14)7-12(11)21(19,20)13(15,16)17/h5-9,18H,4H2,1-3H3. The molecule has 1 rings (SSSR count). The summed E-state index contributed by atoms with van der Waals surface area (Å²) < 4.78 is 74.6. The zero-order valence-electron chi connectivity index (χ0n) is 11.8. The quantitative estimate of drug-likeness (QED) is 0.845. The fourth-order valence-corrected chi connectivity index (χ4v) is 3.09. The molecule has 3 nitrogen and oxygen atoms in total. The van der Waals surface area contributed by atoms with Crippen LogP contribution in [0.3, 0.4) is 0 Å². The monoisotopic (exact) mass is 327 g/mol. The van der Waals surface area contributed by atoms with Crippen molar-refractivity contribution in [2.24, 2.45) is 0 Å². The van der Waals surface area contributed by atoms with E-state index < -0.39 is 32.0 Å². The van der Waals surface area contributed by atoms with Gasteiger partial charge in [0, 0.05) is 6.04 Å². The van der Waals surface area contributed by atoms with Crippen LogP contribution in [0.4, 0.5) is 17.6 Å². The lowest BCUT2D eigenvalue weighted by atomic mass is 9.94. The van der Waals surface area contributed by atoms with Crippen molar-refractivity contribution in [1.82, 2.24) is 5.32 Å². The summed E-state index contributed by atoms with van der Waals surface area (Å²) in [4.78, 5) is -1.02. The second kappa shape index (κ2) is 6.31. The Bertz CT molecular complexity index is 599. The van der Waals surface area contributed by atoms with Crippen molar-refractivity contribution in [1.29, 1.82) is 0 Å². The van der Waals surface area contributed by atoms with E-state index in [2.05, 4.69) is 5.32 Å². The first-order chi connectivity index (χ1) is 9.52. The number of sulfone groups is 1. The molecule has 21 heavy (non-hydrogen) atoms. The Morgan fingerprint density at radius 1 is 1.24 bits per heavy atom. The second-order valence-corrected chi connectivity index (χ2v) is 6.68. The van der Waals surface area contributed by atoms with Crippen molar-refractivity contribution in [2.45, 2.75) is 43.1 Å². The van der Waals surface area contributed by atoms with Gasteiger partial charge < -0.3 is 5.32 Å². The minimum atomic E-state index is -5.59. The highest BCUT2D eigenvalue weighted by atomic mass is 32.2. The number of alkyl halides is 3. The van der Waals surface area contributed by atoms with Gasteiger partial charge in [-0.1, -0.05) is 19.9 Å². The maximum atomic E-state index is 13.2. The average molecular weight is 327 g/mol. The molecule has 0 aromatic heterocycles. The van der Waals surface area contributed by atoms with Crippen LogP contribution in [-0.2, 0) is 9.84 Å². The summed E-state index contributed by atoms with van der Waals surface area (Å²) >= 11 is 0. The summed E-state index contributed by atoms with van der Waals surface area (Å²) in [6.07, 6.45) is 0. The number of rotatable bonds is 5. The lowest BCUT2D eigenvalue weighted by Crippen LogP contribution is -2.32. The Hall–Kier alpha value is -1.15. The molecule has 2 atom stereocenters. The van der Waals surface area contributed by atoms with E-state index in [0.29, 0.717) is 12.6 Å². The SMILES string of the molecule is CCNC(C)C(C)c1ccc(F)cc1S(=O)(=O)C(F)(F)F. The molecule has 0 fully saturated rings. The van der Waals surface area contributed by atoms with Gasteiger partial charge in [0.1, 0.15) is 5.82 Å². The normalized spacial score (nSPS) is 15.8. The van der Waals surface area contributed by atoms with E-state index in [1.54, 1.807) is 13.8 Å². The molecule has 0 bridgehead atoms. The predicted octanol–water partition coefficient (Wildman–Crippen LogP) is 3.22. The number of hydrogen-bond donors (Lipinski definition) is 1. The molecule has 1 aromatic rings. The molecule has 0 aliphatic heterocycles. The number of hydrogen-bond acceptors (Lipinski definition) is 3. The van der Waals surface area contributed by atoms with Gasteiger partial charge in [-0.15, -0.1) is 0 Å². The van der Waals surface area contributed by atoms with Crippen molar-refractivity contribution >= 4 is 9.84 Å². The van der Waals surface area contributed by atoms with Crippen molar-refractivity contribution in [3.8, 4) is 0 Å². The van der Waals surface area contributed by atoms with E-state index in [1.165, 1.54) is 0 Å². The smallest absolute Gasteiger partial charge is 0.314 e. The van der Waals surface area contributed by atoms with Gasteiger partial charge in [0.05, 0.1) is 4.90 Å². The molecule has 0 aliphatic carbocycles. The lowest BCUT2D eigenvalue weighted by Gasteiger charge is -2.23. The fraction of sp³-hybridized carbons (Fsp3) is 0.538. The van der Waals surface area contributed by atoms with Gasteiger partial charge in [0.15, 0.2) is 0 Å². The van der Waals surface area contributed by atoms with E-state index in [1.807, 2.05) is 6.92 Å². The van der Waals surface area contributed by atoms with Gasteiger partial charge in [0.2, 0.25) is 0 Å². The van der Waals surface area contributed by atoms with Crippen molar-refractivity contribution < 1.29 is 26.0 Å². The summed E-state index contributed by atoms with van der Waals surface area (Å²) in [7, 11) is -5.59. The Morgan fingerprint density at radius 2 is 1.81 bits per heavy atom. The highest BCUT2D eigenvalue weighted by Gasteiger charge is 2.48. The van der Waals surface area contributed by atoms with Crippen LogP contribution in [0.5, 0.6) is 0 Å². The van der Waals surface area contributed by atoms with Crippen LogP contribution < -0.4 is 5.32 Å². The molecule has 0 amide bonds. The molecule has 120 valence electrons. The molecular weight excluding hydrogens is 310 g/mol. The molecule has 0 saturated heterocycles. The third-order valence-electron chi connectivity index (χ3n) is 3.34. The molecular formula is C13H17F4NO2S. The maximum absolute atomic E-state index is 13.2. The summed E-state index contributed by atoms with van der Waals surface area (Å²) in [5, 5.41) is 3.01. The molecule has 0 heterocycles. The van der Waals surface area contributed by atoms with Crippen molar-refractivity contribution in [3.63, 3.8) is 0 Å². The molecule has 0 spiro atoms. The molecule has 8 heteroatoms. The second-order valence-electron chi connectivity index (χ2n) is 4.77. The van der Waals surface area contributed by atoms with Gasteiger partial charge >= 0.3 is 5.51 Å². The lowest BCUT2D eigenvalue weighted by molar-refractivity contribution is -0.0436. The number of halogens is 4. The average Bonchev–Trinajstić information content (AvgIpc) is 2.36. The zero-order chi connectivity index (χ0) is 16.4. The maximum Gasteiger partial charge on any atom is 0.501 e. The van der Waals surface area contributed by atoms with Crippen LogP contribution in [-0.4, -0.2) is 26.5 Å². The van der Waals surface area contributed by atoms with Crippen LogP contribution in [0.1, 0.15) is 32.3 Å². The molecule has 1 aromatic carbocycles. The van der Waals surface area contributed by atoms with E-state index in [4.69, 9.17) is 0 Å². The minimum Gasteiger partial charge on any atom is -0.314 e. The number of benzene rings is 1. The van der Waals surface area contributed by atoms with E-state index in [0.717, 1.165) is 12.1 Å². The third-order valence-corrected chi connectivity index (χ3v) is 4.88. The van der Waals surface area contributed by atoms with Gasteiger partial charge in [-0.2, -0.15) is 13.2 Å².